The van der Waals surface area contributed by atoms with Gasteiger partial charge >= 0.3 is 0 Å². The summed E-state index contributed by atoms with van der Waals surface area (Å²) in [5, 5.41) is 0. The van der Waals surface area contributed by atoms with Gasteiger partial charge in [0, 0.05) is 18.1 Å². The minimum absolute atomic E-state index is 0.00279. The first-order valence-electron chi connectivity index (χ1n) is 10.2. The third-order valence-corrected chi connectivity index (χ3v) is 8.25. The van der Waals surface area contributed by atoms with Crippen molar-refractivity contribution in [3.05, 3.63) is 30.3 Å². The maximum absolute atomic E-state index is 13.1. The van der Waals surface area contributed by atoms with Crippen LogP contribution in [0.2, 0.25) is 0 Å². The van der Waals surface area contributed by atoms with Crippen molar-refractivity contribution in [3.8, 4) is 0 Å². The van der Waals surface area contributed by atoms with Crippen molar-refractivity contribution in [1.29, 1.82) is 0 Å². The molecule has 0 unspecified atom stereocenters. The zero-order valence-corrected chi connectivity index (χ0v) is 18.1. The lowest BCUT2D eigenvalue weighted by atomic mass is 9.81. The average molecular weight is 422 g/mol. The number of rotatable bonds is 6. The molecule has 7 nitrogen and oxygen atoms in total. The van der Waals surface area contributed by atoms with Gasteiger partial charge in [0.05, 0.1) is 23.1 Å². The van der Waals surface area contributed by atoms with Crippen LogP contribution in [0, 0.1) is 5.92 Å². The minimum atomic E-state index is -3.54. The third-order valence-electron chi connectivity index (χ3n) is 6.39. The Morgan fingerprint density at radius 2 is 1.83 bits per heavy atom. The number of carbonyl (C=O) groups excluding carboxylic acids is 2. The van der Waals surface area contributed by atoms with Crippen LogP contribution in [0.3, 0.4) is 0 Å². The molecule has 1 aliphatic carbocycles. The Balaban J connectivity index is 1.89. The van der Waals surface area contributed by atoms with Gasteiger partial charge in [-0.2, -0.15) is 0 Å². The summed E-state index contributed by atoms with van der Waals surface area (Å²) in [4.78, 5) is 28.8. The molecule has 8 heteroatoms. The largest absolute Gasteiger partial charge is 0.319 e. The Morgan fingerprint density at radius 3 is 2.38 bits per heavy atom. The molecular weight excluding hydrogens is 390 g/mol. The van der Waals surface area contributed by atoms with E-state index in [0.29, 0.717) is 18.9 Å². The van der Waals surface area contributed by atoms with Crippen LogP contribution in [0.5, 0.6) is 0 Å². The molecule has 2 N–H and O–H groups in total. The van der Waals surface area contributed by atoms with E-state index in [1.807, 2.05) is 7.05 Å². The molecule has 29 heavy (non-hydrogen) atoms. The van der Waals surface area contributed by atoms with Gasteiger partial charge in [-0.1, -0.05) is 18.2 Å². The predicted molar refractivity (Wildman–Crippen MR) is 111 cm³/mol. The van der Waals surface area contributed by atoms with E-state index in [4.69, 9.17) is 5.73 Å². The molecule has 0 radical (unpaired) electrons. The van der Waals surface area contributed by atoms with Crippen LogP contribution in [0.1, 0.15) is 39.5 Å². The normalized spacial score (nSPS) is 28.6. The highest BCUT2D eigenvalue weighted by molar-refractivity contribution is 7.91. The van der Waals surface area contributed by atoms with Crippen LogP contribution >= 0.6 is 0 Å². The molecule has 1 heterocycles. The monoisotopic (exact) mass is 421 g/mol. The van der Waals surface area contributed by atoms with Crippen LogP contribution in [0.25, 0.3) is 0 Å². The van der Waals surface area contributed by atoms with Gasteiger partial charge in [-0.05, 0) is 58.2 Å². The van der Waals surface area contributed by atoms with Gasteiger partial charge in [0.25, 0.3) is 0 Å². The van der Waals surface area contributed by atoms with E-state index < -0.39 is 21.9 Å². The zero-order chi connectivity index (χ0) is 21.3. The predicted octanol–water partition coefficient (Wildman–Crippen LogP) is 1.42. The second-order valence-corrected chi connectivity index (χ2v) is 10.6. The van der Waals surface area contributed by atoms with E-state index >= 15 is 0 Å². The van der Waals surface area contributed by atoms with Crippen molar-refractivity contribution < 1.29 is 18.0 Å². The van der Waals surface area contributed by atoms with Crippen molar-refractivity contribution >= 4 is 21.7 Å². The number of hydrogen-bond acceptors (Lipinski definition) is 6. The summed E-state index contributed by atoms with van der Waals surface area (Å²) in [6.45, 7) is 4.21. The summed E-state index contributed by atoms with van der Waals surface area (Å²) in [5.41, 5.74) is 5.81. The SMILES string of the molecule is CC(C)N(C)[C@@H]1CC[C@H](N2C(=O)C[C@H](N)C2=O)[C@H](CS(=O)(=O)c2ccccc2)C1. The first kappa shape index (κ1) is 21.9. The average Bonchev–Trinajstić information content (AvgIpc) is 2.93. The van der Waals surface area contributed by atoms with Crippen molar-refractivity contribution in [2.75, 3.05) is 12.8 Å². The molecule has 1 aromatic rings. The van der Waals surface area contributed by atoms with Gasteiger partial charge in [-0.3, -0.25) is 14.5 Å². The number of benzene rings is 1. The summed E-state index contributed by atoms with van der Waals surface area (Å²) in [7, 11) is -1.50. The highest BCUT2D eigenvalue weighted by atomic mass is 32.2. The molecule has 1 saturated heterocycles. The molecular formula is C21H31N3O4S. The molecule has 0 spiro atoms. The number of amides is 2. The van der Waals surface area contributed by atoms with E-state index in [0.717, 1.165) is 6.42 Å². The molecule has 1 aromatic carbocycles. The quantitative estimate of drug-likeness (QED) is 0.697. The smallest absolute Gasteiger partial charge is 0.246 e. The van der Waals surface area contributed by atoms with Crippen molar-refractivity contribution in [2.24, 2.45) is 11.7 Å². The minimum Gasteiger partial charge on any atom is -0.319 e. The first-order chi connectivity index (χ1) is 13.6. The Morgan fingerprint density at radius 1 is 1.17 bits per heavy atom. The van der Waals surface area contributed by atoms with E-state index in [9.17, 15) is 18.0 Å². The van der Waals surface area contributed by atoms with Crippen LogP contribution in [-0.4, -0.2) is 67.0 Å². The Kier molecular flexibility index (Phi) is 6.45. The highest BCUT2D eigenvalue weighted by Crippen LogP contribution is 2.35. The molecule has 160 valence electrons. The number of carbonyl (C=O) groups is 2. The summed E-state index contributed by atoms with van der Waals surface area (Å²) in [6, 6.07) is 7.66. The van der Waals surface area contributed by atoms with Crippen molar-refractivity contribution in [2.45, 2.75) is 68.6 Å². The fourth-order valence-electron chi connectivity index (χ4n) is 4.56. The van der Waals surface area contributed by atoms with Crippen LogP contribution in [-0.2, 0) is 19.4 Å². The molecule has 4 atom stereocenters. The standard InChI is InChI=1S/C21H31N3O4S/c1-14(2)23(3)16-9-10-19(24-20(25)12-18(22)21(24)26)15(11-16)13-29(27,28)17-7-5-4-6-8-17/h4-8,14-16,18-19H,9-13,22H2,1-3H3/t15-,16+,18-,19-/m0/s1. The first-order valence-corrected chi connectivity index (χ1v) is 11.9. The van der Waals surface area contributed by atoms with Crippen molar-refractivity contribution in [3.63, 3.8) is 0 Å². The maximum atomic E-state index is 13.1. The molecule has 3 rings (SSSR count). The lowest BCUT2D eigenvalue weighted by Crippen LogP contribution is -2.53. The summed E-state index contributed by atoms with van der Waals surface area (Å²) < 4.78 is 26.1. The van der Waals surface area contributed by atoms with Gasteiger partial charge in [0.2, 0.25) is 11.8 Å². The third kappa shape index (κ3) is 4.54. The topological polar surface area (TPSA) is 101 Å². The highest BCUT2D eigenvalue weighted by Gasteiger charge is 2.46. The number of hydrogen-bond donors (Lipinski definition) is 1. The number of nitrogens with zero attached hydrogens (tertiary/aromatic N) is 2. The molecule has 2 amide bonds. The van der Waals surface area contributed by atoms with E-state index in [1.54, 1.807) is 30.3 Å². The van der Waals surface area contributed by atoms with Gasteiger partial charge in [-0.25, -0.2) is 8.42 Å². The van der Waals surface area contributed by atoms with Gasteiger partial charge in [0.1, 0.15) is 0 Å². The second-order valence-electron chi connectivity index (χ2n) is 8.56. The number of imide groups is 1. The lowest BCUT2D eigenvalue weighted by Gasteiger charge is -2.43. The van der Waals surface area contributed by atoms with Crippen molar-refractivity contribution in [1.82, 2.24) is 9.80 Å². The second kappa shape index (κ2) is 8.53. The van der Waals surface area contributed by atoms with E-state index in [1.165, 1.54) is 4.90 Å². The van der Waals surface area contributed by atoms with Gasteiger partial charge < -0.3 is 10.6 Å². The number of sulfone groups is 1. The molecule has 0 aromatic heterocycles. The van der Waals surface area contributed by atoms with E-state index in [2.05, 4.69) is 18.7 Å². The molecule has 2 aliphatic rings. The number of likely N-dealkylation sites (tertiary alicyclic amines) is 1. The Bertz CT molecular complexity index is 856. The fourth-order valence-corrected chi connectivity index (χ4v) is 6.25. The molecule has 2 fully saturated rings. The van der Waals surface area contributed by atoms with Crippen LogP contribution in [0.4, 0.5) is 0 Å². The summed E-state index contributed by atoms with van der Waals surface area (Å²) in [6.07, 6.45) is 2.04. The molecule has 1 saturated carbocycles. The van der Waals surface area contributed by atoms with Crippen LogP contribution in [0.15, 0.2) is 35.2 Å². The Labute approximate surface area is 173 Å². The Hall–Kier alpha value is -1.77. The lowest BCUT2D eigenvalue weighted by molar-refractivity contribution is -0.143. The van der Waals surface area contributed by atoms with Gasteiger partial charge in [-0.15, -0.1) is 0 Å². The van der Waals surface area contributed by atoms with E-state index in [-0.39, 0.29) is 40.8 Å². The summed E-state index contributed by atoms with van der Waals surface area (Å²) in [5.74, 6) is -1.07. The maximum Gasteiger partial charge on any atom is 0.246 e. The van der Waals surface area contributed by atoms with Gasteiger partial charge in [0.15, 0.2) is 9.84 Å². The zero-order valence-electron chi connectivity index (χ0n) is 17.3. The molecule has 0 bridgehead atoms. The van der Waals surface area contributed by atoms with Crippen LogP contribution < -0.4 is 5.73 Å². The molecule has 1 aliphatic heterocycles. The summed E-state index contributed by atoms with van der Waals surface area (Å²) >= 11 is 0. The fraction of sp³-hybridized carbons (Fsp3) is 0.619. The number of nitrogens with two attached hydrogens (primary N) is 1.